The lowest BCUT2D eigenvalue weighted by atomic mass is 10.2. The first-order valence-electron chi connectivity index (χ1n) is 4.64. The van der Waals surface area contributed by atoms with Crippen molar-refractivity contribution in [3.05, 3.63) is 0 Å². The number of halogens is 3. The second-order valence-corrected chi connectivity index (χ2v) is 3.45. The molecule has 0 aromatic heterocycles. The van der Waals surface area contributed by atoms with Crippen LogP contribution in [0.4, 0.5) is 13.2 Å². The van der Waals surface area contributed by atoms with E-state index in [2.05, 4.69) is 10.1 Å². The second kappa shape index (κ2) is 4.95. The normalized spacial score (nSPS) is 25.3. The Morgan fingerprint density at radius 1 is 1.50 bits per heavy atom. The number of ether oxygens (including phenoxy) is 1. The molecule has 1 atom stereocenters. The minimum absolute atomic E-state index is 0.282. The van der Waals surface area contributed by atoms with Crippen molar-refractivity contribution in [2.45, 2.75) is 19.3 Å². The molecule has 1 aliphatic heterocycles. The Morgan fingerprint density at radius 2 is 2.21 bits per heavy atom. The van der Waals surface area contributed by atoms with Crippen molar-refractivity contribution in [2.24, 2.45) is 0 Å². The van der Waals surface area contributed by atoms with E-state index in [0.717, 1.165) is 19.6 Å². The van der Waals surface area contributed by atoms with Gasteiger partial charge in [0.2, 0.25) is 0 Å². The molecule has 0 amide bonds. The summed E-state index contributed by atoms with van der Waals surface area (Å²) in [6.45, 7) is 4.46. The lowest BCUT2D eigenvalue weighted by Crippen LogP contribution is -2.50. The molecule has 1 rings (SSSR count). The maximum absolute atomic E-state index is 11.6. The highest BCUT2D eigenvalue weighted by molar-refractivity contribution is 4.74. The Bertz CT molecular complexity index is 174. The van der Waals surface area contributed by atoms with Crippen molar-refractivity contribution in [3.63, 3.8) is 0 Å². The third-order valence-corrected chi connectivity index (χ3v) is 2.13. The molecule has 1 fully saturated rings. The monoisotopic (exact) mass is 212 g/mol. The van der Waals surface area contributed by atoms with Gasteiger partial charge in [-0.15, -0.1) is 13.2 Å². The lowest BCUT2D eigenvalue weighted by Gasteiger charge is -2.31. The summed E-state index contributed by atoms with van der Waals surface area (Å²) in [5.74, 6) is 0. The van der Waals surface area contributed by atoms with Gasteiger partial charge < -0.3 is 5.32 Å². The van der Waals surface area contributed by atoms with Crippen molar-refractivity contribution in [3.8, 4) is 0 Å². The number of hydrogen-bond donors (Lipinski definition) is 1. The molecule has 3 nitrogen and oxygen atoms in total. The van der Waals surface area contributed by atoms with Crippen molar-refractivity contribution in [1.82, 2.24) is 10.2 Å². The van der Waals surface area contributed by atoms with Gasteiger partial charge >= 0.3 is 6.36 Å². The fraction of sp³-hybridized carbons (Fsp3) is 1.00. The summed E-state index contributed by atoms with van der Waals surface area (Å²) < 4.78 is 38.6. The molecule has 0 saturated carbocycles. The summed E-state index contributed by atoms with van der Waals surface area (Å²) in [5.41, 5.74) is 0. The highest BCUT2D eigenvalue weighted by atomic mass is 19.4. The van der Waals surface area contributed by atoms with E-state index in [1.807, 2.05) is 11.8 Å². The number of alkyl halides is 3. The van der Waals surface area contributed by atoms with Crippen LogP contribution in [0, 0.1) is 0 Å². The average Bonchev–Trinajstić information content (AvgIpc) is 2.01. The fourth-order valence-corrected chi connectivity index (χ4v) is 1.51. The van der Waals surface area contributed by atoms with Crippen molar-refractivity contribution in [2.75, 3.05) is 32.8 Å². The van der Waals surface area contributed by atoms with Crippen molar-refractivity contribution in [1.29, 1.82) is 0 Å². The summed E-state index contributed by atoms with van der Waals surface area (Å²) in [5, 5.41) is 3.21. The first kappa shape index (κ1) is 11.7. The highest BCUT2D eigenvalue weighted by Gasteiger charge is 2.29. The number of hydrogen-bond acceptors (Lipinski definition) is 3. The van der Waals surface area contributed by atoms with E-state index >= 15 is 0 Å². The molecule has 6 heteroatoms. The van der Waals surface area contributed by atoms with Crippen LogP contribution in [0.3, 0.4) is 0 Å². The topological polar surface area (TPSA) is 24.5 Å². The van der Waals surface area contributed by atoms with Crippen LogP contribution in [0.15, 0.2) is 0 Å². The highest BCUT2D eigenvalue weighted by Crippen LogP contribution is 2.15. The van der Waals surface area contributed by atoms with Gasteiger partial charge in [0.05, 0.1) is 6.61 Å². The fourth-order valence-electron chi connectivity index (χ4n) is 1.51. The average molecular weight is 212 g/mol. The Kier molecular flexibility index (Phi) is 4.15. The van der Waals surface area contributed by atoms with Gasteiger partial charge in [0, 0.05) is 32.2 Å². The Labute approximate surface area is 81.2 Å². The van der Waals surface area contributed by atoms with Gasteiger partial charge in [-0.25, -0.2) is 0 Å². The predicted octanol–water partition coefficient (Wildman–Crippen LogP) is 0.817. The molecule has 14 heavy (non-hydrogen) atoms. The smallest absolute Gasteiger partial charge is 0.312 e. The van der Waals surface area contributed by atoms with Crippen LogP contribution in [0.1, 0.15) is 6.92 Å². The summed E-state index contributed by atoms with van der Waals surface area (Å²) in [6.07, 6.45) is -4.50. The number of rotatable bonds is 3. The van der Waals surface area contributed by atoms with Crippen LogP contribution >= 0.6 is 0 Å². The Morgan fingerprint density at radius 3 is 2.79 bits per heavy atom. The molecular weight excluding hydrogens is 197 g/mol. The van der Waals surface area contributed by atoms with Crippen molar-refractivity contribution >= 4 is 0 Å². The lowest BCUT2D eigenvalue weighted by molar-refractivity contribution is -0.325. The molecule has 0 aliphatic carbocycles. The van der Waals surface area contributed by atoms with Crippen LogP contribution in [-0.4, -0.2) is 50.1 Å². The largest absolute Gasteiger partial charge is 0.522 e. The van der Waals surface area contributed by atoms with Crippen LogP contribution in [0.25, 0.3) is 0 Å². The summed E-state index contributed by atoms with van der Waals surface area (Å²) >= 11 is 0. The first-order valence-corrected chi connectivity index (χ1v) is 4.64. The molecule has 0 radical (unpaired) electrons. The van der Waals surface area contributed by atoms with E-state index in [4.69, 9.17) is 0 Å². The van der Waals surface area contributed by atoms with Crippen LogP contribution < -0.4 is 5.32 Å². The first-order chi connectivity index (χ1) is 6.47. The van der Waals surface area contributed by atoms with Gasteiger partial charge in [0.25, 0.3) is 0 Å². The molecule has 84 valence electrons. The van der Waals surface area contributed by atoms with Crippen molar-refractivity contribution < 1.29 is 17.9 Å². The molecule has 1 saturated heterocycles. The van der Waals surface area contributed by atoms with Crippen LogP contribution in [0.5, 0.6) is 0 Å². The summed E-state index contributed by atoms with van der Waals surface area (Å²) in [7, 11) is 0. The third kappa shape index (κ3) is 4.78. The van der Waals surface area contributed by atoms with Gasteiger partial charge in [-0.1, -0.05) is 0 Å². The van der Waals surface area contributed by atoms with E-state index in [0.29, 0.717) is 12.6 Å². The summed E-state index contributed by atoms with van der Waals surface area (Å²) in [4.78, 5) is 1.97. The molecule has 1 N–H and O–H groups in total. The Hall–Kier alpha value is -0.330. The van der Waals surface area contributed by atoms with E-state index in [-0.39, 0.29) is 6.61 Å². The van der Waals surface area contributed by atoms with Crippen LogP contribution in [0.2, 0.25) is 0 Å². The van der Waals surface area contributed by atoms with Gasteiger partial charge in [-0.2, -0.15) is 0 Å². The van der Waals surface area contributed by atoms with E-state index in [1.54, 1.807) is 0 Å². The molecule has 0 aromatic rings. The molecule has 1 aliphatic rings. The molecule has 0 aromatic carbocycles. The molecule has 0 unspecified atom stereocenters. The second-order valence-electron chi connectivity index (χ2n) is 3.45. The SMILES string of the molecule is C[C@H]1CN(CCOC(F)(F)F)CCN1. The van der Waals surface area contributed by atoms with Crippen LogP contribution in [-0.2, 0) is 4.74 Å². The van der Waals surface area contributed by atoms with Gasteiger partial charge in [-0.3, -0.25) is 9.64 Å². The minimum Gasteiger partial charge on any atom is -0.312 e. The standard InChI is InChI=1S/C8H15F3N2O/c1-7-6-13(3-2-12-7)4-5-14-8(9,10)11/h7,12H,2-6H2,1H3/t7-/m0/s1. The summed E-state index contributed by atoms with van der Waals surface area (Å²) in [6, 6.07) is 0.342. The zero-order valence-electron chi connectivity index (χ0n) is 8.10. The number of nitrogens with zero attached hydrogens (tertiary/aromatic N) is 1. The van der Waals surface area contributed by atoms with E-state index in [9.17, 15) is 13.2 Å². The van der Waals surface area contributed by atoms with Gasteiger partial charge in [0.15, 0.2) is 0 Å². The minimum atomic E-state index is -4.50. The Balaban J connectivity index is 2.12. The van der Waals surface area contributed by atoms with E-state index < -0.39 is 6.36 Å². The molecule has 0 spiro atoms. The molecule has 0 bridgehead atoms. The molecule has 1 heterocycles. The third-order valence-electron chi connectivity index (χ3n) is 2.13. The maximum atomic E-state index is 11.6. The van der Waals surface area contributed by atoms with Gasteiger partial charge in [0.1, 0.15) is 0 Å². The zero-order chi connectivity index (χ0) is 10.6. The van der Waals surface area contributed by atoms with Gasteiger partial charge in [-0.05, 0) is 6.92 Å². The number of nitrogens with one attached hydrogen (secondary N) is 1. The van der Waals surface area contributed by atoms with E-state index in [1.165, 1.54) is 0 Å². The quantitative estimate of drug-likeness (QED) is 0.749. The number of piperazine rings is 1. The maximum Gasteiger partial charge on any atom is 0.522 e. The zero-order valence-corrected chi connectivity index (χ0v) is 8.10. The predicted molar refractivity (Wildman–Crippen MR) is 45.9 cm³/mol. The molecular formula is C8H15F3N2O.